The topological polar surface area (TPSA) is 63.6 Å². The van der Waals surface area contributed by atoms with Crippen LogP contribution in [0.1, 0.15) is 17.5 Å². The van der Waals surface area contributed by atoms with E-state index in [0.29, 0.717) is 6.42 Å². The summed E-state index contributed by atoms with van der Waals surface area (Å²) in [6.45, 7) is 3.10. The van der Waals surface area contributed by atoms with E-state index < -0.39 is 15.7 Å². The minimum absolute atomic E-state index is 0.0425. The Morgan fingerprint density at radius 1 is 1.47 bits per heavy atom. The Hall–Kier alpha value is -1.17. The average molecular weight is 254 g/mol. The summed E-state index contributed by atoms with van der Waals surface area (Å²) in [6.07, 6.45) is 0.803. The van der Waals surface area contributed by atoms with Gasteiger partial charge in [-0.3, -0.25) is 4.18 Å². The quantitative estimate of drug-likeness (QED) is 0.805. The smallest absolute Gasteiger partial charge is 0.289 e. The molecule has 5 heteroatoms. The summed E-state index contributed by atoms with van der Waals surface area (Å²) in [4.78, 5) is 0. The normalized spacial score (nSPS) is 22.6. The van der Waals surface area contributed by atoms with Gasteiger partial charge >= 0.3 is 0 Å². The van der Waals surface area contributed by atoms with Crippen LogP contribution in [0.4, 0.5) is 0 Å². The molecule has 2 rings (SSSR count). The average Bonchev–Trinajstić information content (AvgIpc) is 2.28. The highest BCUT2D eigenvalue weighted by Gasteiger charge is 2.40. The van der Waals surface area contributed by atoms with Crippen molar-refractivity contribution in [2.45, 2.75) is 18.4 Å². The predicted molar refractivity (Wildman–Crippen MR) is 63.7 cm³/mol. The van der Waals surface area contributed by atoms with E-state index in [1.165, 1.54) is 0 Å². The standard InChI is InChI=1S/C12H14O4S/c1-2-17(14,15)16-8-7-12(13)9-10-5-3-4-6-11(10)12/h2-6,13H,1,7-9H2. The van der Waals surface area contributed by atoms with Gasteiger partial charge in [-0.2, -0.15) is 8.42 Å². The molecule has 1 aromatic rings. The first-order chi connectivity index (χ1) is 7.97. The molecule has 0 spiro atoms. The van der Waals surface area contributed by atoms with E-state index in [1.807, 2.05) is 24.3 Å². The van der Waals surface area contributed by atoms with Crippen LogP contribution in [0.3, 0.4) is 0 Å². The molecule has 0 radical (unpaired) electrons. The maximum absolute atomic E-state index is 11.0. The van der Waals surface area contributed by atoms with Gasteiger partial charge in [0.1, 0.15) is 0 Å². The van der Waals surface area contributed by atoms with Gasteiger partial charge in [0, 0.05) is 12.8 Å². The first kappa shape index (κ1) is 12.3. The number of fused-ring (bicyclic) bond motifs is 1. The van der Waals surface area contributed by atoms with Crippen molar-refractivity contribution in [1.29, 1.82) is 0 Å². The third kappa shape index (κ3) is 2.41. The van der Waals surface area contributed by atoms with Crippen LogP contribution in [0.5, 0.6) is 0 Å². The first-order valence-electron chi connectivity index (χ1n) is 5.29. The lowest BCUT2D eigenvalue weighted by molar-refractivity contribution is -0.00648. The Labute approximate surface area is 101 Å². The molecule has 0 heterocycles. The molecule has 1 atom stereocenters. The predicted octanol–water partition coefficient (Wildman–Crippen LogP) is 1.31. The molecule has 92 valence electrons. The highest BCUT2D eigenvalue weighted by atomic mass is 32.2. The zero-order valence-corrected chi connectivity index (χ0v) is 10.1. The van der Waals surface area contributed by atoms with E-state index in [4.69, 9.17) is 0 Å². The fourth-order valence-electron chi connectivity index (χ4n) is 2.03. The van der Waals surface area contributed by atoms with Crippen molar-refractivity contribution in [2.24, 2.45) is 0 Å². The Morgan fingerprint density at radius 2 is 2.18 bits per heavy atom. The molecule has 0 fully saturated rings. The van der Waals surface area contributed by atoms with Crippen LogP contribution in [0.25, 0.3) is 0 Å². The molecule has 1 unspecified atom stereocenters. The maximum Gasteiger partial charge on any atom is 0.289 e. The zero-order chi connectivity index (χ0) is 12.5. The van der Waals surface area contributed by atoms with Gasteiger partial charge in [0.2, 0.25) is 0 Å². The van der Waals surface area contributed by atoms with Crippen LogP contribution in [0, 0.1) is 0 Å². The molecular formula is C12H14O4S. The van der Waals surface area contributed by atoms with Crippen molar-refractivity contribution in [2.75, 3.05) is 6.61 Å². The minimum atomic E-state index is -3.65. The third-order valence-corrected chi connectivity index (χ3v) is 3.87. The molecule has 17 heavy (non-hydrogen) atoms. The van der Waals surface area contributed by atoms with Gasteiger partial charge < -0.3 is 5.11 Å². The van der Waals surface area contributed by atoms with Crippen LogP contribution in [0.2, 0.25) is 0 Å². The number of benzene rings is 1. The van der Waals surface area contributed by atoms with Crippen LogP contribution < -0.4 is 0 Å². The molecule has 1 aliphatic rings. The van der Waals surface area contributed by atoms with E-state index in [9.17, 15) is 13.5 Å². The van der Waals surface area contributed by atoms with E-state index in [2.05, 4.69) is 10.8 Å². The van der Waals surface area contributed by atoms with E-state index in [-0.39, 0.29) is 13.0 Å². The van der Waals surface area contributed by atoms with Crippen molar-refractivity contribution >= 4 is 10.1 Å². The fraction of sp³-hybridized carbons (Fsp3) is 0.333. The number of hydrogen-bond donors (Lipinski definition) is 1. The van der Waals surface area contributed by atoms with Crippen molar-refractivity contribution in [3.63, 3.8) is 0 Å². The highest BCUT2D eigenvalue weighted by Crippen LogP contribution is 2.41. The van der Waals surface area contributed by atoms with Crippen molar-refractivity contribution in [3.05, 3.63) is 47.4 Å². The second kappa shape index (κ2) is 4.25. The second-order valence-corrected chi connectivity index (χ2v) is 5.65. The molecule has 0 aromatic heterocycles. The second-order valence-electron chi connectivity index (χ2n) is 4.10. The summed E-state index contributed by atoms with van der Waals surface area (Å²) in [6, 6.07) is 7.56. The minimum Gasteiger partial charge on any atom is -0.385 e. The maximum atomic E-state index is 11.0. The highest BCUT2D eigenvalue weighted by molar-refractivity contribution is 7.89. The van der Waals surface area contributed by atoms with E-state index >= 15 is 0 Å². The Kier molecular flexibility index (Phi) is 3.07. The number of rotatable bonds is 5. The molecule has 0 saturated carbocycles. The fourth-order valence-corrected chi connectivity index (χ4v) is 2.44. The molecule has 1 N–H and O–H groups in total. The molecule has 0 amide bonds. The monoisotopic (exact) mass is 254 g/mol. The number of aliphatic hydroxyl groups is 1. The van der Waals surface area contributed by atoms with Crippen molar-refractivity contribution < 1.29 is 17.7 Å². The summed E-state index contributed by atoms with van der Waals surface area (Å²) in [5.74, 6) is 0. The lowest BCUT2D eigenvalue weighted by Gasteiger charge is -2.39. The summed E-state index contributed by atoms with van der Waals surface area (Å²) in [5.41, 5.74) is 1.01. The van der Waals surface area contributed by atoms with Gasteiger partial charge in [0.25, 0.3) is 10.1 Å². The third-order valence-electron chi connectivity index (χ3n) is 2.97. The van der Waals surface area contributed by atoms with Gasteiger partial charge in [-0.15, -0.1) is 0 Å². The van der Waals surface area contributed by atoms with Crippen molar-refractivity contribution in [1.82, 2.24) is 0 Å². The molecule has 0 aliphatic heterocycles. The summed E-state index contributed by atoms with van der Waals surface area (Å²) in [7, 11) is -3.65. The summed E-state index contributed by atoms with van der Waals surface area (Å²) in [5, 5.41) is 11.0. The molecule has 1 aromatic carbocycles. The number of hydrogen-bond acceptors (Lipinski definition) is 4. The summed E-state index contributed by atoms with van der Waals surface area (Å²) < 4.78 is 26.7. The van der Waals surface area contributed by atoms with Gasteiger partial charge in [0.15, 0.2) is 0 Å². The van der Waals surface area contributed by atoms with Gasteiger partial charge in [-0.25, -0.2) is 0 Å². The molecular weight excluding hydrogens is 240 g/mol. The SMILES string of the molecule is C=CS(=O)(=O)OCCC1(O)Cc2ccccc21. The van der Waals surface area contributed by atoms with Crippen molar-refractivity contribution in [3.8, 4) is 0 Å². The molecule has 4 nitrogen and oxygen atoms in total. The van der Waals surface area contributed by atoms with Gasteiger partial charge in [-0.05, 0) is 11.1 Å². The van der Waals surface area contributed by atoms with Gasteiger partial charge in [0.05, 0.1) is 17.6 Å². The van der Waals surface area contributed by atoms with E-state index in [1.54, 1.807) is 0 Å². The molecule has 1 aliphatic carbocycles. The Balaban J connectivity index is 1.97. The van der Waals surface area contributed by atoms with E-state index in [0.717, 1.165) is 16.5 Å². The first-order valence-corrected chi connectivity index (χ1v) is 6.77. The largest absolute Gasteiger partial charge is 0.385 e. The lowest BCUT2D eigenvalue weighted by atomic mass is 9.72. The lowest BCUT2D eigenvalue weighted by Crippen LogP contribution is -2.39. The van der Waals surface area contributed by atoms with Gasteiger partial charge in [-0.1, -0.05) is 30.8 Å². The zero-order valence-electron chi connectivity index (χ0n) is 9.30. The van der Waals surface area contributed by atoms with Crippen LogP contribution in [-0.4, -0.2) is 20.1 Å². The molecule has 0 saturated heterocycles. The molecule has 0 bridgehead atoms. The van der Waals surface area contributed by atoms with Crippen LogP contribution in [-0.2, 0) is 26.3 Å². The Bertz CT molecular complexity index is 535. The van der Waals surface area contributed by atoms with Crippen LogP contribution in [0.15, 0.2) is 36.3 Å². The Morgan fingerprint density at radius 3 is 2.82 bits per heavy atom. The van der Waals surface area contributed by atoms with Crippen LogP contribution >= 0.6 is 0 Å². The summed E-state index contributed by atoms with van der Waals surface area (Å²) >= 11 is 0.